The molecule has 2 N–H and O–H groups in total. The van der Waals surface area contributed by atoms with Gasteiger partial charge in [-0.15, -0.1) is 0 Å². The molecule has 6 heteroatoms. The van der Waals surface area contributed by atoms with Crippen molar-refractivity contribution in [2.45, 2.75) is 51.0 Å². The minimum absolute atomic E-state index is 0.126. The van der Waals surface area contributed by atoms with E-state index in [0.29, 0.717) is 23.0 Å². The fraction of sp³-hybridized carbons (Fsp3) is 0.529. The van der Waals surface area contributed by atoms with Crippen molar-refractivity contribution in [3.8, 4) is 0 Å². The van der Waals surface area contributed by atoms with Crippen LogP contribution in [0.2, 0.25) is 10.0 Å². The molecular formula is C17H22Cl2N2O2. The molecular weight excluding hydrogens is 335 g/mol. The number of hydrogen-bond donors (Lipinski definition) is 2. The second kappa shape index (κ2) is 9.14. The molecule has 0 aromatic heterocycles. The van der Waals surface area contributed by atoms with E-state index >= 15 is 0 Å². The number of carbonyl (C=O) groups is 2. The normalized spacial score (nSPS) is 15.7. The zero-order valence-corrected chi connectivity index (χ0v) is 14.6. The monoisotopic (exact) mass is 356 g/mol. The van der Waals surface area contributed by atoms with Crippen molar-refractivity contribution < 1.29 is 9.59 Å². The number of nitrogens with one attached hydrogen (secondary N) is 2. The standard InChI is InChI=1S/C17H22Cl2N2O2/c18-13-8-7-12(15(19)11-13)9-10-20-16(22)17(23)21-14-5-3-1-2-4-6-14/h7-8,11,14H,1-6,9-10H2,(H,20,22)(H,21,23). The zero-order valence-electron chi connectivity index (χ0n) is 13.0. The van der Waals surface area contributed by atoms with Crippen LogP contribution in [0.5, 0.6) is 0 Å². The average Bonchev–Trinajstić information content (AvgIpc) is 2.78. The molecule has 1 saturated carbocycles. The van der Waals surface area contributed by atoms with Crippen LogP contribution in [0.15, 0.2) is 18.2 Å². The molecule has 23 heavy (non-hydrogen) atoms. The predicted molar refractivity (Wildman–Crippen MR) is 92.8 cm³/mol. The van der Waals surface area contributed by atoms with Gasteiger partial charge in [-0.2, -0.15) is 0 Å². The van der Waals surface area contributed by atoms with Crippen LogP contribution in [0.3, 0.4) is 0 Å². The third kappa shape index (κ3) is 6.04. The zero-order chi connectivity index (χ0) is 16.7. The van der Waals surface area contributed by atoms with Crippen molar-refractivity contribution >= 4 is 35.0 Å². The van der Waals surface area contributed by atoms with Gasteiger partial charge in [-0.1, -0.05) is 55.0 Å². The topological polar surface area (TPSA) is 58.2 Å². The molecule has 0 saturated heterocycles. The second-order valence-corrected chi connectivity index (χ2v) is 6.75. The van der Waals surface area contributed by atoms with E-state index in [-0.39, 0.29) is 6.04 Å². The van der Waals surface area contributed by atoms with Gasteiger partial charge in [-0.3, -0.25) is 9.59 Å². The average molecular weight is 357 g/mol. The molecule has 0 spiro atoms. The highest BCUT2D eigenvalue weighted by atomic mass is 35.5. The van der Waals surface area contributed by atoms with E-state index in [1.54, 1.807) is 12.1 Å². The molecule has 1 aliphatic carbocycles. The highest BCUT2D eigenvalue weighted by Crippen LogP contribution is 2.21. The maximum Gasteiger partial charge on any atom is 0.309 e. The van der Waals surface area contributed by atoms with Crippen molar-refractivity contribution in [1.29, 1.82) is 0 Å². The van der Waals surface area contributed by atoms with Crippen LogP contribution in [-0.2, 0) is 16.0 Å². The lowest BCUT2D eigenvalue weighted by Gasteiger charge is -2.15. The van der Waals surface area contributed by atoms with E-state index in [9.17, 15) is 9.59 Å². The molecule has 0 aliphatic heterocycles. The Balaban J connectivity index is 1.74. The van der Waals surface area contributed by atoms with Gasteiger partial charge in [0.05, 0.1) is 0 Å². The van der Waals surface area contributed by atoms with Crippen molar-refractivity contribution in [2.75, 3.05) is 6.54 Å². The van der Waals surface area contributed by atoms with Gasteiger partial charge in [-0.05, 0) is 37.0 Å². The summed E-state index contributed by atoms with van der Waals surface area (Å²) in [6, 6.07) is 5.37. The van der Waals surface area contributed by atoms with Crippen LogP contribution in [0.1, 0.15) is 44.1 Å². The highest BCUT2D eigenvalue weighted by Gasteiger charge is 2.19. The summed E-state index contributed by atoms with van der Waals surface area (Å²) in [5.74, 6) is -1.13. The van der Waals surface area contributed by atoms with Crippen LogP contribution < -0.4 is 10.6 Å². The number of hydrogen-bond acceptors (Lipinski definition) is 2. The maximum atomic E-state index is 11.9. The summed E-state index contributed by atoms with van der Waals surface area (Å²) in [5.41, 5.74) is 0.889. The molecule has 1 aliphatic rings. The van der Waals surface area contributed by atoms with Crippen LogP contribution >= 0.6 is 23.2 Å². The first-order chi connectivity index (χ1) is 11.1. The van der Waals surface area contributed by atoms with Gasteiger partial charge in [0.25, 0.3) is 0 Å². The molecule has 0 atom stereocenters. The minimum Gasteiger partial charge on any atom is -0.348 e. The Labute approximate surface area is 146 Å². The van der Waals surface area contributed by atoms with Crippen LogP contribution in [0, 0.1) is 0 Å². The fourth-order valence-electron chi connectivity index (χ4n) is 2.79. The second-order valence-electron chi connectivity index (χ2n) is 5.90. The smallest absolute Gasteiger partial charge is 0.309 e. The van der Waals surface area contributed by atoms with E-state index in [4.69, 9.17) is 23.2 Å². The van der Waals surface area contributed by atoms with E-state index < -0.39 is 11.8 Å². The van der Waals surface area contributed by atoms with Crippen molar-refractivity contribution in [3.63, 3.8) is 0 Å². The summed E-state index contributed by atoms with van der Waals surface area (Å²) < 4.78 is 0. The van der Waals surface area contributed by atoms with Gasteiger partial charge in [0.15, 0.2) is 0 Å². The van der Waals surface area contributed by atoms with Crippen LogP contribution in [-0.4, -0.2) is 24.4 Å². The molecule has 1 fully saturated rings. The Hall–Kier alpha value is -1.26. The minimum atomic E-state index is -0.584. The first-order valence-electron chi connectivity index (χ1n) is 8.09. The van der Waals surface area contributed by atoms with Gasteiger partial charge >= 0.3 is 11.8 Å². The van der Waals surface area contributed by atoms with Crippen molar-refractivity contribution in [2.24, 2.45) is 0 Å². The number of carbonyl (C=O) groups excluding carboxylic acids is 2. The maximum absolute atomic E-state index is 11.9. The Morgan fingerprint density at radius 2 is 1.74 bits per heavy atom. The molecule has 2 rings (SSSR count). The predicted octanol–water partition coefficient (Wildman–Crippen LogP) is 3.49. The van der Waals surface area contributed by atoms with Crippen LogP contribution in [0.4, 0.5) is 0 Å². The van der Waals surface area contributed by atoms with Gasteiger partial charge < -0.3 is 10.6 Å². The number of amides is 2. The third-order valence-corrected chi connectivity index (χ3v) is 4.68. The molecule has 4 nitrogen and oxygen atoms in total. The number of rotatable bonds is 4. The van der Waals surface area contributed by atoms with Crippen molar-refractivity contribution in [1.82, 2.24) is 10.6 Å². The lowest BCUT2D eigenvalue weighted by molar-refractivity contribution is -0.139. The molecule has 0 bridgehead atoms. The summed E-state index contributed by atoms with van der Waals surface area (Å²) in [7, 11) is 0. The third-order valence-electron chi connectivity index (χ3n) is 4.09. The first-order valence-corrected chi connectivity index (χ1v) is 8.84. The van der Waals surface area contributed by atoms with E-state index in [0.717, 1.165) is 31.2 Å². The SMILES string of the molecule is O=C(NCCc1ccc(Cl)cc1Cl)C(=O)NC1CCCCCC1. The summed E-state index contributed by atoms with van der Waals surface area (Å²) in [5, 5.41) is 6.61. The van der Waals surface area contributed by atoms with Crippen molar-refractivity contribution in [3.05, 3.63) is 33.8 Å². The van der Waals surface area contributed by atoms with Gasteiger partial charge in [0.1, 0.15) is 0 Å². The van der Waals surface area contributed by atoms with E-state index in [1.807, 2.05) is 6.07 Å². The number of benzene rings is 1. The molecule has 0 unspecified atom stereocenters. The Kier molecular flexibility index (Phi) is 7.18. The van der Waals surface area contributed by atoms with E-state index in [2.05, 4.69) is 10.6 Å². The molecule has 0 heterocycles. The van der Waals surface area contributed by atoms with Gasteiger partial charge in [0, 0.05) is 22.6 Å². The fourth-order valence-corrected chi connectivity index (χ4v) is 3.29. The summed E-state index contributed by atoms with van der Waals surface area (Å²) in [6.07, 6.45) is 7.11. The molecule has 0 radical (unpaired) electrons. The molecule has 126 valence electrons. The van der Waals surface area contributed by atoms with E-state index in [1.165, 1.54) is 12.8 Å². The van der Waals surface area contributed by atoms with Crippen LogP contribution in [0.25, 0.3) is 0 Å². The first kappa shape index (κ1) is 18.1. The lowest BCUT2D eigenvalue weighted by Crippen LogP contribution is -2.44. The molecule has 1 aromatic rings. The summed E-state index contributed by atoms with van der Waals surface area (Å²) in [6.45, 7) is 0.359. The Bertz CT molecular complexity index is 556. The van der Waals surface area contributed by atoms with Gasteiger partial charge in [0.2, 0.25) is 0 Å². The largest absolute Gasteiger partial charge is 0.348 e. The molecule has 1 aromatic carbocycles. The Morgan fingerprint density at radius 3 is 2.39 bits per heavy atom. The highest BCUT2D eigenvalue weighted by molar-refractivity contribution is 6.35. The number of halogens is 2. The summed E-state index contributed by atoms with van der Waals surface area (Å²) >= 11 is 11.9. The molecule has 2 amide bonds. The quantitative estimate of drug-likeness (QED) is 0.640. The Morgan fingerprint density at radius 1 is 1.04 bits per heavy atom. The summed E-state index contributed by atoms with van der Waals surface area (Å²) in [4.78, 5) is 23.8. The lowest BCUT2D eigenvalue weighted by atomic mass is 10.1. The van der Waals surface area contributed by atoms with Gasteiger partial charge in [-0.25, -0.2) is 0 Å².